The van der Waals surface area contributed by atoms with Gasteiger partial charge in [0.05, 0.1) is 15.2 Å². The van der Waals surface area contributed by atoms with Gasteiger partial charge in [0.1, 0.15) is 0 Å². The number of rotatable bonds is 2. The monoisotopic (exact) mass is 359 g/mol. The number of aryl methyl sites for hydroxylation is 3. The van der Waals surface area contributed by atoms with Crippen LogP contribution < -0.4 is 0 Å². The summed E-state index contributed by atoms with van der Waals surface area (Å²) in [5, 5.41) is 13.6. The van der Waals surface area contributed by atoms with E-state index < -0.39 is 11.9 Å². The van der Waals surface area contributed by atoms with Crippen LogP contribution in [0.3, 0.4) is 0 Å². The zero-order chi connectivity index (χ0) is 13.6. The molecule has 0 saturated heterocycles. The molecule has 1 N–H and O–H groups in total. The van der Waals surface area contributed by atoms with Gasteiger partial charge in [0.25, 0.3) is 0 Å². The molecule has 0 aliphatic heterocycles. The van der Waals surface area contributed by atoms with Crippen LogP contribution in [-0.2, 0) is 4.79 Å². The SMILES string of the molecule is Cc1nc2c(I)c(C)nn2c(C)c1C(C)C(=O)O. The Kier molecular flexibility index (Phi) is 3.31. The lowest BCUT2D eigenvalue weighted by molar-refractivity contribution is -0.138. The summed E-state index contributed by atoms with van der Waals surface area (Å²) < 4.78 is 2.74. The average molecular weight is 359 g/mol. The number of nitrogens with zero attached hydrogens (tertiary/aromatic N) is 3. The smallest absolute Gasteiger partial charge is 0.310 e. The Bertz CT molecular complexity index is 649. The van der Waals surface area contributed by atoms with Crippen LogP contribution in [0.15, 0.2) is 0 Å². The van der Waals surface area contributed by atoms with Gasteiger partial charge in [-0.25, -0.2) is 9.50 Å². The number of hydrogen-bond donors (Lipinski definition) is 1. The van der Waals surface area contributed by atoms with Crippen molar-refractivity contribution in [2.24, 2.45) is 0 Å². The van der Waals surface area contributed by atoms with Crippen LogP contribution in [0, 0.1) is 24.3 Å². The second-order valence-electron chi connectivity index (χ2n) is 4.39. The van der Waals surface area contributed by atoms with Crippen molar-refractivity contribution in [3.8, 4) is 0 Å². The van der Waals surface area contributed by atoms with Crippen LogP contribution in [0.2, 0.25) is 0 Å². The second kappa shape index (κ2) is 4.49. The number of hydrogen-bond acceptors (Lipinski definition) is 3. The fraction of sp³-hybridized carbons (Fsp3) is 0.417. The second-order valence-corrected chi connectivity index (χ2v) is 5.47. The van der Waals surface area contributed by atoms with Gasteiger partial charge in [-0.15, -0.1) is 0 Å². The van der Waals surface area contributed by atoms with Crippen molar-refractivity contribution in [1.82, 2.24) is 14.6 Å². The van der Waals surface area contributed by atoms with Crippen LogP contribution in [-0.4, -0.2) is 25.7 Å². The van der Waals surface area contributed by atoms with Crippen molar-refractivity contribution in [2.75, 3.05) is 0 Å². The first-order valence-corrected chi connectivity index (χ1v) is 6.67. The molecule has 18 heavy (non-hydrogen) atoms. The molecular formula is C12H14IN3O2. The summed E-state index contributed by atoms with van der Waals surface area (Å²) >= 11 is 2.21. The molecule has 0 saturated carbocycles. The lowest BCUT2D eigenvalue weighted by atomic mass is 9.98. The van der Waals surface area contributed by atoms with E-state index in [4.69, 9.17) is 5.11 Å². The molecule has 0 aromatic carbocycles. The normalized spacial score (nSPS) is 12.9. The zero-order valence-electron chi connectivity index (χ0n) is 10.7. The highest BCUT2D eigenvalue weighted by Crippen LogP contribution is 2.26. The summed E-state index contributed by atoms with van der Waals surface area (Å²) in [6.07, 6.45) is 0. The molecule has 2 heterocycles. The Labute approximate surface area is 118 Å². The first kappa shape index (κ1) is 13.3. The quantitative estimate of drug-likeness (QED) is 0.837. The minimum atomic E-state index is -0.846. The molecule has 1 unspecified atom stereocenters. The van der Waals surface area contributed by atoms with E-state index in [1.165, 1.54) is 0 Å². The molecule has 6 heteroatoms. The number of halogens is 1. The lowest BCUT2D eigenvalue weighted by Gasteiger charge is -2.14. The Morgan fingerprint density at radius 1 is 1.33 bits per heavy atom. The Hall–Kier alpha value is -1.18. The summed E-state index contributed by atoms with van der Waals surface area (Å²) in [7, 11) is 0. The highest BCUT2D eigenvalue weighted by atomic mass is 127. The average Bonchev–Trinajstić information content (AvgIpc) is 2.57. The highest BCUT2D eigenvalue weighted by Gasteiger charge is 2.22. The van der Waals surface area contributed by atoms with E-state index in [1.807, 2.05) is 20.8 Å². The third-order valence-electron chi connectivity index (χ3n) is 3.14. The van der Waals surface area contributed by atoms with Crippen molar-refractivity contribution in [3.63, 3.8) is 0 Å². The maximum atomic E-state index is 11.2. The van der Waals surface area contributed by atoms with Crippen molar-refractivity contribution < 1.29 is 9.90 Å². The standard InChI is InChI=1S/C12H14IN3O2/c1-5(12(17)18)9-6(2)14-11-10(13)7(3)15-16(11)8(9)4/h5H,1-4H3,(H,17,18). The van der Waals surface area contributed by atoms with E-state index in [0.717, 1.165) is 31.9 Å². The van der Waals surface area contributed by atoms with E-state index >= 15 is 0 Å². The summed E-state index contributed by atoms with van der Waals surface area (Å²) in [6, 6.07) is 0. The molecule has 2 aromatic rings. The van der Waals surface area contributed by atoms with Gasteiger partial charge in [0, 0.05) is 17.0 Å². The third kappa shape index (κ3) is 1.88. The zero-order valence-corrected chi connectivity index (χ0v) is 12.8. The predicted molar refractivity (Wildman–Crippen MR) is 76.0 cm³/mol. The molecule has 0 amide bonds. The van der Waals surface area contributed by atoms with Crippen LogP contribution in [0.5, 0.6) is 0 Å². The summed E-state index contributed by atoms with van der Waals surface area (Å²) in [6.45, 7) is 7.33. The van der Waals surface area contributed by atoms with Crippen molar-refractivity contribution in [3.05, 3.63) is 26.2 Å². The van der Waals surface area contributed by atoms with Gasteiger partial charge >= 0.3 is 5.97 Å². The largest absolute Gasteiger partial charge is 0.481 e. The maximum Gasteiger partial charge on any atom is 0.310 e. The Morgan fingerprint density at radius 2 is 1.94 bits per heavy atom. The van der Waals surface area contributed by atoms with Crippen LogP contribution in [0.1, 0.15) is 35.5 Å². The molecule has 1 atom stereocenters. The number of fused-ring (bicyclic) bond motifs is 1. The maximum absolute atomic E-state index is 11.2. The third-order valence-corrected chi connectivity index (χ3v) is 4.40. The fourth-order valence-electron chi connectivity index (χ4n) is 2.17. The number of carboxylic acids is 1. The van der Waals surface area contributed by atoms with Gasteiger partial charge in [-0.1, -0.05) is 0 Å². The predicted octanol–water partition coefficient (Wildman–Crippen LogP) is 2.45. The van der Waals surface area contributed by atoms with Crippen LogP contribution >= 0.6 is 22.6 Å². The van der Waals surface area contributed by atoms with E-state index in [9.17, 15) is 4.79 Å². The van der Waals surface area contributed by atoms with E-state index in [0.29, 0.717) is 0 Å². The molecule has 0 aliphatic carbocycles. The summed E-state index contributed by atoms with van der Waals surface area (Å²) in [5.74, 6) is -1.43. The van der Waals surface area contributed by atoms with Crippen LogP contribution in [0.4, 0.5) is 0 Å². The van der Waals surface area contributed by atoms with Crippen LogP contribution in [0.25, 0.3) is 5.65 Å². The van der Waals surface area contributed by atoms with Crippen molar-refractivity contribution in [1.29, 1.82) is 0 Å². The highest BCUT2D eigenvalue weighted by molar-refractivity contribution is 14.1. The number of carbonyl (C=O) groups is 1. The molecule has 5 nitrogen and oxygen atoms in total. The molecule has 2 rings (SSSR count). The minimum absolute atomic E-state index is 0.580. The van der Waals surface area contributed by atoms with Crippen molar-refractivity contribution >= 4 is 34.2 Å². The number of carboxylic acid groups (broad SMARTS) is 1. The van der Waals surface area contributed by atoms with E-state index in [2.05, 4.69) is 32.7 Å². The van der Waals surface area contributed by atoms with Gasteiger partial charge in [-0.2, -0.15) is 5.10 Å². The minimum Gasteiger partial charge on any atom is -0.481 e. The lowest BCUT2D eigenvalue weighted by Crippen LogP contribution is -2.14. The molecule has 96 valence electrons. The molecule has 0 spiro atoms. The molecule has 0 radical (unpaired) electrons. The molecular weight excluding hydrogens is 345 g/mol. The Balaban J connectivity index is 2.81. The van der Waals surface area contributed by atoms with Gasteiger partial charge in [0.15, 0.2) is 5.65 Å². The number of aromatic nitrogens is 3. The molecule has 2 aromatic heterocycles. The summed E-state index contributed by atoms with van der Waals surface area (Å²) in [5.41, 5.74) is 4.05. The van der Waals surface area contributed by atoms with Gasteiger partial charge in [-0.3, -0.25) is 4.79 Å². The number of aliphatic carboxylic acids is 1. The first-order chi connectivity index (χ1) is 8.34. The van der Waals surface area contributed by atoms with E-state index in [1.54, 1.807) is 11.4 Å². The molecule has 0 bridgehead atoms. The first-order valence-electron chi connectivity index (χ1n) is 5.59. The molecule has 0 aliphatic rings. The van der Waals surface area contributed by atoms with E-state index in [-0.39, 0.29) is 0 Å². The topological polar surface area (TPSA) is 67.5 Å². The fourth-order valence-corrected chi connectivity index (χ4v) is 2.63. The Morgan fingerprint density at radius 3 is 2.50 bits per heavy atom. The van der Waals surface area contributed by atoms with Crippen molar-refractivity contribution in [2.45, 2.75) is 33.6 Å². The van der Waals surface area contributed by atoms with Gasteiger partial charge < -0.3 is 5.11 Å². The molecule has 0 fully saturated rings. The van der Waals surface area contributed by atoms with Gasteiger partial charge in [0.2, 0.25) is 0 Å². The summed E-state index contributed by atoms with van der Waals surface area (Å²) in [4.78, 5) is 15.6. The van der Waals surface area contributed by atoms with Gasteiger partial charge in [-0.05, 0) is 50.3 Å².